The van der Waals surface area contributed by atoms with E-state index in [2.05, 4.69) is 0 Å². The summed E-state index contributed by atoms with van der Waals surface area (Å²) in [7, 11) is 0. The molecular formula is C25H31ClF2O5. The zero-order chi connectivity index (χ0) is 24.6. The van der Waals surface area contributed by atoms with Crippen LogP contribution in [0.4, 0.5) is 8.78 Å². The Morgan fingerprint density at radius 2 is 1.94 bits per heavy atom. The zero-order valence-corrected chi connectivity index (χ0v) is 20.1. The molecule has 3 fully saturated rings. The van der Waals surface area contributed by atoms with Crippen LogP contribution < -0.4 is 0 Å². The first-order valence-electron chi connectivity index (χ1n) is 11.6. The van der Waals surface area contributed by atoms with Crippen molar-refractivity contribution >= 4 is 29.1 Å². The molecule has 4 aliphatic rings. The fourth-order valence-electron chi connectivity index (χ4n) is 7.74. The van der Waals surface area contributed by atoms with Crippen molar-refractivity contribution in [2.45, 2.75) is 76.9 Å². The van der Waals surface area contributed by atoms with Crippen LogP contribution in [0.2, 0.25) is 0 Å². The van der Waals surface area contributed by atoms with Crippen molar-refractivity contribution in [3.8, 4) is 0 Å². The Bertz CT molecular complexity index is 964. The third-order valence-corrected chi connectivity index (χ3v) is 9.51. The number of alkyl halides is 3. The van der Waals surface area contributed by atoms with Gasteiger partial charge in [-0.2, -0.15) is 0 Å². The van der Waals surface area contributed by atoms with Crippen LogP contribution in [-0.4, -0.2) is 52.1 Å². The molecule has 0 heterocycles. The number of hydrogen-bond donors (Lipinski definition) is 1. The largest absolute Gasteiger partial charge is 0.450 e. The molecule has 4 rings (SSSR count). The molecule has 0 aliphatic heterocycles. The maximum absolute atomic E-state index is 17.2. The van der Waals surface area contributed by atoms with E-state index in [-0.39, 0.29) is 24.8 Å². The molecule has 0 aromatic heterocycles. The molecule has 33 heavy (non-hydrogen) atoms. The molecule has 0 aromatic rings. The van der Waals surface area contributed by atoms with Crippen molar-refractivity contribution in [3.63, 3.8) is 0 Å². The molecule has 0 radical (unpaired) electrons. The van der Waals surface area contributed by atoms with E-state index >= 15 is 8.78 Å². The van der Waals surface area contributed by atoms with E-state index in [1.165, 1.54) is 19.1 Å². The lowest BCUT2D eigenvalue weighted by atomic mass is 9.44. The second-order valence-electron chi connectivity index (χ2n) is 10.6. The SMILES string of the molecule is CCC(=O)O[C@]1(C(=O)CCl)[C@@H](C)CC2[C@@H]3C[C@H](F)C4=CC(=O)C=C[C@]4(C)[C@@]3(F)[C@@H](O)C[C@@]21C. The summed E-state index contributed by atoms with van der Waals surface area (Å²) >= 11 is 5.97. The minimum absolute atomic E-state index is 0.0431. The monoisotopic (exact) mass is 484 g/mol. The van der Waals surface area contributed by atoms with Crippen molar-refractivity contribution in [1.29, 1.82) is 0 Å². The number of esters is 1. The van der Waals surface area contributed by atoms with Crippen LogP contribution in [-0.2, 0) is 19.1 Å². The van der Waals surface area contributed by atoms with Gasteiger partial charge in [0, 0.05) is 29.1 Å². The van der Waals surface area contributed by atoms with Crippen molar-refractivity contribution in [1.82, 2.24) is 0 Å². The molecule has 3 saturated carbocycles. The predicted molar refractivity (Wildman–Crippen MR) is 118 cm³/mol. The van der Waals surface area contributed by atoms with Crippen molar-refractivity contribution in [3.05, 3.63) is 23.8 Å². The lowest BCUT2D eigenvalue weighted by Gasteiger charge is -2.63. The topological polar surface area (TPSA) is 80.7 Å². The smallest absolute Gasteiger partial charge is 0.306 e. The van der Waals surface area contributed by atoms with Gasteiger partial charge in [-0.1, -0.05) is 26.8 Å². The highest BCUT2D eigenvalue weighted by molar-refractivity contribution is 6.29. The number of rotatable bonds is 4. The Kier molecular flexibility index (Phi) is 5.73. The normalized spacial score (nSPS) is 48.4. The minimum Gasteiger partial charge on any atom is -0.450 e. The number of carbonyl (C=O) groups is 3. The lowest BCUT2D eigenvalue weighted by molar-refractivity contribution is -0.230. The number of allylic oxidation sites excluding steroid dienone is 4. The molecule has 0 spiro atoms. The van der Waals surface area contributed by atoms with Gasteiger partial charge in [-0.3, -0.25) is 14.4 Å². The number of carbonyl (C=O) groups excluding carboxylic acids is 3. The summed E-state index contributed by atoms with van der Waals surface area (Å²) < 4.78 is 38.5. The quantitative estimate of drug-likeness (QED) is 0.481. The molecule has 0 aromatic carbocycles. The second kappa shape index (κ2) is 7.70. The third kappa shape index (κ3) is 2.87. The molecule has 1 N–H and O–H groups in total. The number of aliphatic hydroxyl groups excluding tert-OH is 1. The number of hydrogen-bond acceptors (Lipinski definition) is 5. The maximum atomic E-state index is 17.2. The number of Topliss-reactive ketones (excluding diaryl/α,β-unsaturated/α-hetero) is 1. The molecule has 8 heteroatoms. The minimum atomic E-state index is -2.25. The van der Waals surface area contributed by atoms with Crippen LogP contribution in [0.5, 0.6) is 0 Å². The van der Waals surface area contributed by atoms with E-state index in [0.717, 1.165) is 6.08 Å². The number of aliphatic hydroxyl groups is 1. The molecule has 182 valence electrons. The first-order chi connectivity index (χ1) is 15.3. The van der Waals surface area contributed by atoms with Crippen molar-refractivity contribution in [2.75, 3.05) is 5.88 Å². The third-order valence-electron chi connectivity index (χ3n) is 9.27. The van der Waals surface area contributed by atoms with Gasteiger partial charge in [-0.25, -0.2) is 8.78 Å². The molecular weight excluding hydrogens is 454 g/mol. The lowest BCUT2D eigenvalue weighted by Crippen LogP contribution is -2.71. The predicted octanol–water partition coefficient (Wildman–Crippen LogP) is 4.05. The van der Waals surface area contributed by atoms with Crippen LogP contribution >= 0.6 is 11.6 Å². The number of ether oxygens (including phenoxy) is 1. The summed E-state index contributed by atoms with van der Waals surface area (Å²) in [5.41, 5.74) is -6.47. The Morgan fingerprint density at radius 1 is 1.27 bits per heavy atom. The van der Waals surface area contributed by atoms with Gasteiger partial charge in [0.1, 0.15) is 6.17 Å². The standard InChI is InChI=1S/C25H31ClF2O5/c1-5-21(32)33-25(20(31)12-26)13(2)8-15-16-10-18(27)17-9-14(29)6-7-22(17,3)24(16,28)19(30)11-23(15,25)4/h6-7,9,13,15-16,18-19,30H,5,8,10-12H2,1-4H3/t13-,15?,16-,18-,19-,22-,23-,24-,25-/m0/s1. The molecule has 0 amide bonds. The van der Waals surface area contributed by atoms with Crippen LogP contribution in [0.25, 0.3) is 0 Å². The molecule has 1 unspecified atom stereocenters. The van der Waals surface area contributed by atoms with Gasteiger partial charge in [-0.05, 0) is 49.8 Å². The number of halogens is 3. The fraction of sp³-hybridized carbons (Fsp3) is 0.720. The number of ketones is 2. The summed E-state index contributed by atoms with van der Waals surface area (Å²) in [6.07, 6.45) is 0.584. The fourth-order valence-corrected chi connectivity index (χ4v) is 7.94. The molecule has 9 atom stereocenters. The molecule has 0 saturated heterocycles. The highest BCUT2D eigenvalue weighted by atomic mass is 35.5. The first-order valence-corrected chi connectivity index (χ1v) is 12.1. The Hall–Kier alpha value is -1.60. The Labute approximate surface area is 197 Å². The summed E-state index contributed by atoms with van der Waals surface area (Å²) in [6, 6.07) is 0. The van der Waals surface area contributed by atoms with Crippen LogP contribution in [0.1, 0.15) is 53.4 Å². The van der Waals surface area contributed by atoms with Gasteiger partial charge in [0.05, 0.1) is 12.0 Å². The Balaban J connectivity index is 1.88. The zero-order valence-electron chi connectivity index (χ0n) is 19.4. The van der Waals surface area contributed by atoms with Gasteiger partial charge in [0.25, 0.3) is 0 Å². The number of fused-ring (bicyclic) bond motifs is 5. The van der Waals surface area contributed by atoms with Crippen LogP contribution in [0.3, 0.4) is 0 Å². The Morgan fingerprint density at radius 3 is 2.55 bits per heavy atom. The summed E-state index contributed by atoms with van der Waals surface area (Å²) in [4.78, 5) is 37.7. The highest BCUT2D eigenvalue weighted by Crippen LogP contribution is 2.71. The average Bonchev–Trinajstić information content (AvgIpc) is 2.98. The second-order valence-corrected chi connectivity index (χ2v) is 10.9. The van der Waals surface area contributed by atoms with Gasteiger partial charge in [0.15, 0.2) is 22.8 Å². The highest BCUT2D eigenvalue weighted by Gasteiger charge is 2.77. The molecule has 0 bridgehead atoms. The van der Waals surface area contributed by atoms with Crippen molar-refractivity contribution in [2.24, 2.45) is 28.6 Å². The summed E-state index contributed by atoms with van der Waals surface area (Å²) in [5.74, 6) is -3.84. The first kappa shape index (κ1) is 24.5. The van der Waals surface area contributed by atoms with Gasteiger partial charge < -0.3 is 9.84 Å². The van der Waals surface area contributed by atoms with Gasteiger partial charge >= 0.3 is 5.97 Å². The van der Waals surface area contributed by atoms with E-state index in [0.29, 0.717) is 6.42 Å². The summed E-state index contributed by atoms with van der Waals surface area (Å²) in [6.45, 7) is 6.64. The van der Waals surface area contributed by atoms with E-state index in [4.69, 9.17) is 16.3 Å². The molecule has 5 nitrogen and oxygen atoms in total. The van der Waals surface area contributed by atoms with E-state index in [9.17, 15) is 19.5 Å². The van der Waals surface area contributed by atoms with Gasteiger partial charge in [-0.15, -0.1) is 11.6 Å². The van der Waals surface area contributed by atoms with E-state index in [1.54, 1.807) is 20.8 Å². The van der Waals surface area contributed by atoms with E-state index < -0.39 is 75.5 Å². The van der Waals surface area contributed by atoms with E-state index in [1.807, 2.05) is 0 Å². The molecule has 4 aliphatic carbocycles. The van der Waals surface area contributed by atoms with Crippen LogP contribution in [0.15, 0.2) is 23.8 Å². The van der Waals surface area contributed by atoms with Gasteiger partial charge in [0.2, 0.25) is 0 Å². The average molecular weight is 485 g/mol. The van der Waals surface area contributed by atoms with Crippen LogP contribution in [0, 0.1) is 28.6 Å². The van der Waals surface area contributed by atoms with Crippen molar-refractivity contribution < 1.29 is 33.0 Å². The maximum Gasteiger partial charge on any atom is 0.306 e. The summed E-state index contributed by atoms with van der Waals surface area (Å²) in [5, 5.41) is 11.4.